The standard InChI is InChI=1S/C16H16N2O3/c1-11-6-5-9-13(10-11)17-15(19)14(18-16(20)21)12-7-3-2-4-8-12/h2-10,14,18H,1H3,(H,17,19)(H,20,21). The lowest BCUT2D eigenvalue weighted by Crippen LogP contribution is -2.36. The van der Waals surface area contributed by atoms with Gasteiger partial charge in [0.15, 0.2) is 0 Å². The number of amides is 2. The maximum atomic E-state index is 12.3. The van der Waals surface area contributed by atoms with E-state index in [1.807, 2.05) is 25.1 Å². The molecular weight excluding hydrogens is 268 g/mol. The summed E-state index contributed by atoms with van der Waals surface area (Å²) >= 11 is 0. The van der Waals surface area contributed by atoms with Crippen LogP contribution in [-0.2, 0) is 4.79 Å². The Morgan fingerprint density at radius 1 is 1.05 bits per heavy atom. The minimum absolute atomic E-state index is 0.422. The molecule has 2 amide bonds. The van der Waals surface area contributed by atoms with Gasteiger partial charge in [0, 0.05) is 5.69 Å². The lowest BCUT2D eigenvalue weighted by atomic mass is 10.1. The van der Waals surface area contributed by atoms with Gasteiger partial charge in [-0.1, -0.05) is 42.5 Å². The summed E-state index contributed by atoms with van der Waals surface area (Å²) in [4.78, 5) is 23.2. The predicted molar refractivity (Wildman–Crippen MR) is 80.2 cm³/mol. The molecule has 0 bridgehead atoms. The lowest BCUT2D eigenvalue weighted by Gasteiger charge is -2.17. The molecule has 0 aliphatic heterocycles. The van der Waals surface area contributed by atoms with E-state index in [1.54, 1.807) is 36.4 Å². The molecule has 2 aromatic rings. The van der Waals surface area contributed by atoms with Crippen molar-refractivity contribution in [1.29, 1.82) is 0 Å². The van der Waals surface area contributed by atoms with Crippen LogP contribution in [-0.4, -0.2) is 17.1 Å². The van der Waals surface area contributed by atoms with Crippen LogP contribution < -0.4 is 10.6 Å². The number of hydrogen-bond donors (Lipinski definition) is 3. The lowest BCUT2D eigenvalue weighted by molar-refractivity contribution is -0.118. The highest BCUT2D eigenvalue weighted by Gasteiger charge is 2.22. The highest BCUT2D eigenvalue weighted by Crippen LogP contribution is 2.16. The molecular formula is C16H16N2O3. The molecule has 0 radical (unpaired) electrons. The molecule has 3 N–H and O–H groups in total. The molecule has 0 aliphatic carbocycles. The van der Waals surface area contributed by atoms with Gasteiger partial charge in [0.1, 0.15) is 6.04 Å². The van der Waals surface area contributed by atoms with Gasteiger partial charge in [-0.25, -0.2) is 4.79 Å². The Labute approximate surface area is 122 Å². The molecule has 5 nitrogen and oxygen atoms in total. The second-order valence-corrected chi connectivity index (χ2v) is 4.65. The summed E-state index contributed by atoms with van der Waals surface area (Å²) in [6.45, 7) is 1.92. The molecule has 21 heavy (non-hydrogen) atoms. The first-order chi connectivity index (χ1) is 10.1. The van der Waals surface area contributed by atoms with Crippen molar-refractivity contribution in [1.82, 2.24) is 5.32 Å². The van der Waals surface area contributed by atoms with Crippen molar-refractivity contribution < 1.29 is 14.7 Å². The zero-order valence-corrected chi connectivity index (χ0v) is 11.5. The predicted octanol–water partition coefficient (Wildman–Crippen LogP) is 2.94. The third-order valence-electron chi connectivity index (χ3n) is 2.95. The van der Waals surface area contributed by atoms with Crippen molar-refractivity contribution in [2.45, 2.75) is 13.0 Å². The van der Waals surface area contributed by atoms with Crippen LogP contribution in [0.2, 0.25) is 0 Å². The molecule has 0 spiro atoms. The van der Waals surface area contributed by atoms with Gasteiger partial charge in [-0.3, -0.25) is 4.79 Å². The molecule has 5 heteroatoms. The Bertz CT molecular complexity index is 641. The second kappa shape index (κ2) is 6.56. The first-order valence-corrected chi connectivity index (χ1v) is 6.48. The molecule has 0 saturated carbocycles. The van der Waals surface area contributed by atoms with Crippen molar-refractivity contribution >= 4 is 17.7 Å². The van der Waals surface area contributed by atoms with Crippen LogP contribution in [0.15, 0.2) is 54.6 Å². The highest BCUT2D eigenvalue weighted by atomic mass is 16.4. The van der Waals surface area contributed by atoms with E-state index in [-0.39, 0.29) is 0 Å². The Kier molecular flexibility index (Phi) is 4.56. The van der Waals surface area contributed by atoms with Crippen LogP contribution >= 0.6 is 0 Å². The van der Waals surface area contributed by atoms with Crippen molar-refractivity contribution in [2.75, 3.05) is 5.32 Å². The largest absolute Gasteiger partial charge is 0.465 e. The number of anilines is 1. The molecule has 1 atom stereocenters. The third-order valence-corrected chi connectivity index (χ3v) is 2.95. The molecule has 0 aromatic heterocycles. The number of carbonyl (C=O) groups excluding carboxylic acids is 1. The molecule has 0 saturated heterocycles. The number of carbonyl (C=O) groups is 2. The van der Waals surface area contributed by atoms with Crippen molar-refractivity contribution in [3.63, 3.8) is 0 Å². The zero-order chi connectivity index (χ0) is 15.2. The van der Waals surface area contributed by atoms with Crippen molar-refractivity contribution in [2.24, 2.45) is 0 Å². The minimum Gasteiger partial charge on any atom is -0.465 e. The van der Waals surface area contributed by atoms with Gasteiger partial charge in [0.05, 0.1) is 0 Å². The van der Waals surface area contributed by atoms with Gasteiger partial charge < -0.3 is 15.7 Å². The topological polar surface area (TPSA) is 78.4 Å². The summed E-state index contributed by atoms with van der Waals surface area (Å²) < 4.78 is 0. The Balaban J connectivity index is 2.20. The van der Waals surface area contributed by atoms with Crippen LogP contribution in [0.4, 0.5) is 10.5 Å². The monoisotopic (exact) mass is 284 g/mol. The molecule has 108 valence electrons. The first-order valence-electron chi connectivity index (χ1n) is 6.48. The first kappa shape index (κ1) is 14.6. The van der Waals surface area contributed by atoms with E-state index in [1.165, 1.54) is 0 Å². The number of carboxylic acid groups (broad SMARTS) is 1. The number of hydrogen-bond acceptors (Lipinski definition) is 2. The average molecular weight is 284 g/mol. The SMILES string of the molecule is Cc1cccc(NC(=O)C(NC(=O)O)c2ccccc2)c1. The molecule has 2 rings (SSSR count). The average Bonchev–Trinajstić information content (AvgIpc) is 2.45. The van der Waals surface area contributed by atoms with Crippen molar-refractivity contribution in [3.8, 4) is 0 Å². The van der Waals surface area contributed by atoms with Crippen LogP contribution in [0.25, 0.3) is 0 Å². The van der Waals surface area contributed by atoms with Crippen LogP contribution in [0.5, 0.6) is 0 Å². The van der Waals surface area contributed by atoms with Crippen LogP contribution in [0.1, 0.15) is 17.2 Å². The quantitative estimate of drug-likeness (QED) is 0.807. The summed E-state index contributed by atoms with van der Waals surface area (Å²) in [5.41, 5.74) is 2.23. The summed E-state index contributed by atoms with van der Waals surface area (Å²) in [7, 11) is 0. The fourth-order valence-electron chi connectivity index (χ4n) is 2.01. The Morgan fingerprint density at radius 3 is 2.38 bits per heavy atom. The summed E-state index contributed by atoms with van der Waals surface area (Å²) in [5, 5.41) is 13.9. The molecule has 2 aromatic carbocycles. The maximum Gasteiger partial charge on any atom is 0.405 e. The van der Waals surface area contributed by atoms with Gasteiger partial charge in [-0.2, -0.15) is 0 Å². The van der Waals surface area contributed by atoms with E-state index in [0.29, 0.717) is 11.3 Å². The van der Waals surface area contributed by atoms with E-state index in [4.69, 9.17) is 5.11 Å². The summed E-state index contributed by atoms with van der Waals surface area (Å²) in [6, 6.07) is 15.1. The summed E-state index contributed by atoms with van der Waals surface area (Å²) in [6.07, 6.45) is -1.25. The smallest absolute Gasteiger partial charge is 0.405 e. The van der Waals surface area contributed by atoms with Crippen molar-refractivity contribution in [3.05, 3.63) is 65.7 Å². The Hall–Kier alpha value is -2.82. The van der Waals surface area contributed by atoms with Gasteiger partial charge in [0.2, 0.25) is 0 Å². The summed E-state index contributed by atoms with van der Waals surface area (Å²) in [5.74, 6) is -0.422. The van der Waals surface area contributed by atoms with Gasteiger partial charge in [0.25, 0.3) is 5.91 Å². The number of rotatable bonds is 4. The van der Waals surface area contributed by atoms with E-state index in [2.05, 4.69) is 10.6 Å². The second-order valence-electron chi connectivity index (χ2n) is 4.65. The normalized spacial score (nSPS) is 11.5. The molecule has 0 aliphatic rings. The number of nitrogens with one attached hydrogen (secondary N) is 2. The number of benzene rings is 2. The highest BCUT2D eigenvalue weighted by molar-refractivity contribution is 5.97. The Morgan fingerprint density at radius 2 is 1.76 bits per heavy atom. The maximum absolute atomic E-state index is 12.3. The fourth-order valence-corrected chi connectivity index (χ4v) is 2.01. The molecule has 0 fully saturated rings. The molecule has 0 heterocycles. The van der Waals surface area contributed by atoms with Crippen LogP contribution in [0, 0.1) is 6.92 Å². The van der Waals surface area contributed by atoms with E-state index < -0.39 is 18.0 Å². The van der Waals surface area contributed by atoms with Gasteiger partial charge >= 0.3 is 6.09 Å². The van der Waals surface area contributed by atoms with Gasteiger partial charge in [-0.05, 0) is 30.2 Å². The van der Waals surface area contributed by atoms with Gasteiger partial charge in [-0.15, -0.1) is 0 Å². The van der Waals surface area contributed by atoms with E-state index >= 15 is 0 Å². The minimum atomic E-state index is -1.25. The van der Waals surface area contributed by atoms with E-state index in [0.717, 1.165) is 5.56 Å². The van der Waals surface area contributed by atoms with Crippen LogP contribution in [0.3, 0.4) is 0 Å². The third kappa shape index (κ3) is 4.07. The number of aryl methyl sites for hydroxylation is 1. The fraction of sp³-hybridized carbons (Fsp3) is 0.125. The molecule has 1 unspecified atom stereocenters. The zero-order valence-electron chi connectivity index (χ0n) is 11.5. The van der Waals surface area contributed by atoms with E-state index in [9.17, 15) is 9.59 Å².